The van der Waals surface area contributed by atoms with Gasteiger partial charge in [-0.05, 0) is 43.5 Å². The van der Waals surface area contributed by atoms with Crippen LogP contribution in [0.1, 0.15) is 28.8 Å². The van der Waals surface area contributed by atoms with Crippen LogP contribution >= 0.6 is 11.6 Å². The van der Waals surface area contributed by atoms with Gasteiger partial charge in [-0.2, -0.15) is 0 Å². The highest BCUT2D eigenvalue weighted by Gasteiger charge is 2.20. The van der Waals surface area contributed by atoms with Gasteiger partial charge >= 0.3 is 0 Å². The van der Waals surface area contributed by atoms with Gasteiger partial charge < -0.3 is 25.0 Å². The fraction of sp³-hybridized carbons (Fsp3) is 0.364. The molecule has 0 bridgehead atoms. The minimum absolute atomic E-state index is 0.0500. The number of anilines is 2. The van der Waals surface area contributed by atoms with E-state index in [1.807, 2.05) is 24.0 Å². The Balaban J connectivity index is 1.63. The fourth-order valence-electron chi connectivity index (χ4n) is 3.43. The van der Waals surface area contributed by atoms with Crippen LogP contribution in [0.5, 0.6) is 11.5 Å². The molecule has 1 aliphatic heterocycles. The van der Waals surface area contributed by atoms with Crippen LogP contribution in [0.2, 0.25) is 5.02 Å². The van der Waals surface area contributed by atoms with E-state index in [0.29, 0.717) is 27.8 Å². The fourth-order valence-corrected chi connectivity index (χ4v) is 3.66. The van der Waals surface area contributed by atoms with Crippen molar-refractivity contribution in [2.75, 3.05) is 44.5 Å². The molecular formula is C22H26ClN3O4. The monoisotopic (exact) mass is 431 g/mol. The average molecular weight is 432 g/mol. The second-order valence-corrected chi connectivity index (χ2v) is 7.52. The Kier molecular flexibility index (Phi) is 7.05. The molecule has 7 nitrogen and oxygen atoms in total. The number of halogens is 1. The van der Waals surface area contributed by atoms with Crippen molar-refractivity contribution in [1.82, 2.24) is 4.90 Å². The van der Waals surface area contributed by atoms with Crippen LogP contribution < -0.4 is 20.1 Å². The molecule has 8 heteroatoms. The van der Waals surface area contributed by atoms with E-state index >= 15 is 0 Å². The van der Waals surface area contributed by atoms with E-state index < -0.39 is 0 Å². The zero-order valence-corrected chi connectivity index (χ0v) is 18.1. The summed E-state index contributed by atoms with van der Waals surface area (Å²) >= 11 is 6.09. The van der Waals surface area contributed by atoms with E-state index in [9.17, 15) is 9.59 Å². The highest BCUT2D eigenvalue weighted by molar-refractivity contribution is 6.32. The van der Waals surface area contributed by atoms with Gasteiger partial charge in [-0.25, -0.2) is 0 Å². The molecule has 30 heavy (non-hydrogen) atoms. The maximum Gasteiger partial charge on any atom is 0.253 e. The zero-order chi connectivity index (χ0) is 21.7. The number of amides is 2. The van der Waals surface area contributed by atoms with Gasteiger partial charge in [0, 0.05) is 36.5 Å². The van der Waals surface area contributed by atoms with Crippen molar-refractivity contribution in [1.29, 1.82) is 0 Å². The highest BCUT2D eigenvalue weighted by Crippen LogP contribution is 2.35. The number of ether oxygens (including phenoxy) is 2. The van der Waals surface area contributed by atoms with Gasteiger partial charge in [0.05, 0.1) is 31.5 Å². The quantitative estimate of drug-likeness (QED) is 0.693. The average Bonchev–Trinajstić information content (AvgIpc) is 3.28. The number of carbonyl (C=O) groups excluding carboxylic acids is 2. The summed E-state index contributed by atoms with van der Waals surface area (Å²) in [6.45, 7) is 3.59. The van der Waals surface area contributed by atoms with Crippen LogP contribution in [0.15, 0.2) is 30.3 Å². The Morgan fingerprint density at radius 1 is 1.03 bits per heavy atom. The third-order valence-electron chi connectivity index (χ3n) is 5.05. The molecule has 0 saturated carbocycles. The molecular weight excluding hydrogens is 406 g/mol. The maximum absolute atomic E-state index is 12.5. The second kappa shape index (κ2) is 9.71. The van der Waals surface area contributed by atoms with Gasteiger partial charge in [-0.1, -0.05) is 11.6 Å². The summed E-state index contributed by atoms with van der Waals surface area (Å²) in [5.74, 6) is 0.683. The summed E-state index contributed by atoms with van der Waals surface area (Å²) in [5.41, 5.74) is 2.83. The number of nitrogens with one attached hydrogen (secondary N) is 2. The predicted molar refractivity (Wildman–Crippen MR) is 118 cm³/mol. The number of rotatable bonds is 7. The van der Waals surface area contributed by atoms with E-state index in [-0.39, 0.29) is 18.4 Å². The summed E-state index contributed by atoms with van der Waals surface area (Å²) in [4.78, 5) is 26.8. The summed E-state index contributed by atoms with van der Waals surface area (Å²) < 4.78 is 10.5. The first kappa shape index (κ1) is 21.8. The minimum Gasteiger partial charge on any atom is -0.495 e. The lowest BCUT2D eigenvalue weighted by molar-refractivity contribution is -0.114. The van der Waals surface area contributed by atoms with Gasteiger partial charge in [0.15, 0.2) is 0 Å². The number of carbonyl (C=O) groups is 2. The van der Waals surface area contributed by atoms with Gasteiger partial charge in [0.2, 0.25) is 5.91 Å². The van der Waals surface area contributed by atoms with Crippen LogP contribution in [-0.4, -0.2) is 50.6 Å². The third kappa shape index (κ3) is 4.97. The van der Waals surface area contributed by atoms with E-state index in [1.54, 1.807) is 18.2 Å². The molecule has 0 aliphatic carbocycles. The summed E-state index contributed by atoms with van der Waals surface area (Å²) in [6.07, 6.45) is 2.12. The van der Waals surface area contributed by atoms with Crippen LogP contribution in [0, 0.1) is 6.92 Å². The Morgan fingerprint density at radius 3 is 2.37 bits per heavy atom. The van der Waals surface area contributed by atoms with Gasteiger partial charge in [0.25, 0.3) is 5.91 Å². The predicted octanol–water partition coefficient (Wildman–Crippen LogP) is 3.95. The Bertz CT molecular complexity index is 942. The van der Waals surface area contributed by atoms with Crippen molar-refractivity contribution < 1.29 is 19.1 Å². The largest absolute Gasteiger partial charge is 0.495 e. The van der Waals surface area contributed by atoms with E-state index in [1.165, 1.54) is 14.2 Å². The maximum atomic E-state index is 12.5. The Hall–Kier alpha value is -2.93. The van der Waals surface area contributed by atoms with Crippen molar-refractivity contribution in [3.05, 3.63) is 46.5 Å². The molecule has 0 radical (unpaired) electrons. The Morgan fingerprint density at radius 2 is 1.73 bits per heavy atom. The molecule has 1 aliphatic rings. The molecule has 0 atom stereocenters. The van der Waals surface area contributed by atoms with Crippen LogP contribution in [-0.2, 0) is 4.79 Å². The van der Waals surface area contributed by atoms with E-state index in [2.05, 4.69) is 10.6 Å². The van der Waals surface area contributed by atoms with Crippen molar-refractivity contribution in [3.63, 3.8) is 0 Å². The first-order valence-corrected chi connectivity index (χ1v) is 10.2. The number of aryl methyl sites for hydroxylation is 1. The summed E-state index contributed by atoms with van der Waals surface area (Å²) in [6, 6.07) is 8.68. The molecule has 2 N–H and O–H groups in total. The van der Waals surface area contributed by atoms with Crippen LogP contribution in [0.3, 0.4) is 0 Å². The number of benzene rings is 2. The van der Waals surface area contributed by atoms with E-state index in [0.717, 1.165) is 37.2 Å². The van der Waals surface area contributed by atoms with Gasteiger partial charge in [-0.3, -0.25) is 9.59 Å². The Labute approximate surface area is 181 Å². The van der Waals surface area contributed by atoms with Gasteiger partial charge in [0.1, 0.15) is 11.5 Å². The number of hydrogen-bond donors (Lipinski definition) is 2. The second-order valence-electron chi connectivity index (χ2n) is 7.12. The van der Waals surface area contributed by atoms with Crippen LogP contribution in [0.25, 0.3) is 0 Å². The molecule has 1 saturated heterocycles. The SMILES string of the molecule is COc1cc(NC(=O)CNc2ccc(C(=O)N3CCCC3)cc2C)c(OC)cc1Cl. The summed E-state index contributed by atoms with van der Waals surface area (Å²) in [5, 5.41) is 6.30. The zero-order valence-electron chi connectivity index (χ0n) is 17.4. The molecule has 2 aromatic carbocycles. The first-order chi connectivity index (χ1) is 14.4. The lowest BCUT2D eigenvalue weighted by Crippen LogP contribution is -2.27. The standard InChI is InChI=1S/C22H26ClN3O4/c1-14-10-15(22(28)26-8-4-5-9-26)6-7-17(14)24-13-21(27)25-18-12-19(29-2)16(23)11-20(18)30-3/h6-7,10-12,24H,4-5,8-9,13H2,1-3H3,(H,25,27). The highest BCUT2D eigenvalue weighted by atomic mass is 35.5. The molecule has 0 spiro atoms. The van der Waals surface area contributed by atoms with Crippen molar-refractivity contribution in [2.24, 2.45) is 0 Å². The minimum atomic E-state index is -0.255. The first-order valence-electron chi connectivity index (χ1n) is 9.78. The lowest BCUT2D eigenvalue weighted by atomic mass is 10.1. The van der Waals surface area contributed by atoms with Crippen molar-refractivity contribution in [3.8, 4) is 11.5 Å². The number of likely N-dealkylation sites (tertiary alicyclic amines) is 1. The molecule has 1 heterocycles. The molecule has 2 aromatic rings. The molecule has 160 valence electrons. The van der Waals surface area contributed by atoms with Crippen molar-refractivity contribution >= 4 is 34.8 Å². The molecule has 2 amide bonds. The lowest BCUT2D eigenvalue weighted by Gasteiger charge is -2.17. The molecule has 3 rings (SSSR count). The summed E-state index contributed by atoms with van der Waals surface area (Å²) in [7, 11) is 3.00. The van der Waals surface area contributed by atoms with Crippen LogP contribution in [0.4, 0.5) is 11.4 Å². The third-order valence-corrected chi connectivity index (χ3v) is 5.35. The molecule has 1 fully saturated rings. The molecule has 0 unspecified atom stereocenters. The number of methoxy groups -OCH3 is 2. The van der Waals surface area contributed by atoms with Gasteiger partial charge in [-0.15, -0.1) is 0 Å². The number of nitrogens with zero attached hydrogens (tertiary/aromatic N) is 1. The van der Waals surface area contributed by atoms with Crippen molar-refractivity contribution in [2.45, 2.75) is 19.8 Å². The topological polar surface area (TPSA) is 79.9 Å². The van der Waals surface area contributed by atoms with E-state index in [4.69, 9.17) is 21.1 Å². The molecule has 0 aromatic heterocycles. The number of hydrogen-bond acceptors (Lipinski definition) is 5. The smallest absolute Gasteiger partial charge is 0.253 e. The normalized spacial score (nSPS) is 13.1.